The highest BCUT2D eigenvalue weighted by atomic mass is 16.5. The van der Waals surface area contributed by atoms with Crippen LogP contribution in [0.4, 0.5) is 0 Å². The van der Waals surface area contributed by atoms with Gasteiger partial charge in [-0.05, 0) is 0 Å². The van der Waals surface area contributed by atoms with Crippen LogP contribution in [0.5, 0.6) is 0 Å². The molecule has 2 aliphatic rings. The van der Waals surface area contributed by atoms with Gasteiger partial charge in [0.15, 0.2) is 0 Å². The molecule has 0 aromatic carbocycles. The Kier molecular flexibility index (Phi) is 6.28. The Morgan fingerprint density at radius 1 is 0.789 bits per heavy atom. The first-order chi connectivity index (χ1) is 8.93. The lowest BCUT2D eigenvalue weighted by molar-refractivity contribution is -0.138. The largest absolute Gasteiger partial charge is 0.378 e. The van der Waals surface area contributed by atoms with Gasteiger partial charge < -0.3 is 14.5 Å². The Morgan fingerprint density at radius 2 is 1.16 bits per heavy atom. The SMILES string of the molecule is CC(C)C(=O)N1CC1.CC(C)C(=O)N1CCOCC1. The van der Waals surface area contributed by atoms with Crippen molar-refractivity contribution in [1.29, 1.82) is 0 Å². The second-order valence-corrected chi connectivity index (χ2v) is 5.57. The lowest BCUT2D eigenvalue weighted by Gasteiger charge is -2.28. The van der Waals surface area contributed by atoms with E-state index in [0.29, 0.717) is 19.1 Å². The molecule has 2 amide bonds. The summed E-state index contributed by atoms with van der Waals surface area (Å²) in [5.41, 5.74) is 0. The molecule has 2 saturated heterocycles. The van der Waals surface area contributed by atoms with E-state index in [1.807, 2.05) is 37.5 Å². The van der Waals surface area contributed by atoms with Gasteiger partial charge in [-0.25, -0.2) is 0 Å². The zero-order valence-electron chi connectivity index (χ0n) is 12.5. The molecule has 0 saturated carbocycles. The van der Waals surface area contributed by atoms with E-state index >= 15 is 0 Å². The number of morpholine rings is 1. The summed E-state index contributed by atoms with van der Waals surface area (Å²) in [7, 11) is 0. The highest BCUT2D eigenvalue weighted by Crippen LogP contribution is 2.09. The number of hydrogen-bond acceptors (Lipinski definition) is 3. The number of nitrogens with zero attached hydrogens (tertiary/aromatic N) is 2. The minimum atomic E-state index is 0.119. The van der Waals surface area contributed by atoms with Crippen LogP contribution in [0.3, 0.4) is 0 Å². The van der Waals surface area contributed by atoms with Gasteiger partial charge >= 0.3 is 0 Å². The molecule has 2 fully saturated rings. The normalized spacial score (nSPS) is 18.2. The molecule has 2 heterocycles. The van der Waals surface area contributed by atoms with E-state index < -0.39 is 0 Å². The molecule has 0 bridgehead atoms. The first-order valence-corrected chi connectivity index (χ1v) is 7.08. The van der Waals surface area contributed by atoms with Crippen molar-refractivity contribution in [2.24, 2.45) is 11.8 Å². The van der Waals surface area contributed by atoms with E-state index in [-0.39, 0.29) is 17.7 Å². The van der Waals surface area contributed by atoms with Gasteiger partial charge in [-0.1, -0.05) is 27.7 Å². The standard InChI is InChI=1S/C8H15NO2.C6H11NO/c1-7(2)8(10)9-3-5-11-6-4-9;1-5(2)6(8)7-3-4-7/h7H,3-6H2,1-2H3;5H,3-4H2,1-2H3. The molecule has 2 rings (SSSR count). The number of carbonyl (C=O) groups is 2. The van der Waals surface area contributed by atoms with Gasteiger partial charge in [0.25, 0.3) is 0 Å². The Morgan fingerprint density at radius 3 is 1.42 bits per heavy atom. The minimum absolute atomic E-state index is 0.119. The maximum Gasteiger partial charge on any atom is 0.225 e. The smallest absolute Gasteiger partial charge is 0.225 e. The second-order valence-electron chi connectivity index (χ2n) is 5.57. The van der Waals surface area contributed by atoms with Crippen LogP contribution in [0.2, 0.25) is 0 Å². The molecule has 0 aromatic heterocycles. The van der Waals surface area contributed by atoms with Crippen molar-refractivity contribution < 1.29 is 14.3 Å². The van der Waals surface area contributed by atoms with Gasteiger partial charge in [0.2, 0.25) is 11.8 Å². The van der Waals surface area contributed by atoms with Crippen LogP contribution in [-0.4, -0.2) is 61.0 Å². The molecule has 0 N–H and O–H groups in total. The number of hydrogen-bond donors (Lipinski definition) is 0. The summed E-state index contributed by atoms with van der Waals surface area (Å²) in [4.78, 5) is 25.9. The maximum atomic E-state index is 11.4. The van der Waals surface area contributed by atoms with Gasteiger partial charge in [-0.3, -0.25) is 9.59 Å². The van der Waals surface area contributed by atoms with Gasteiger partial charge in [0.1, 0.15) is 0 Å². The van der Waals surface area contributed by atoms with Crippen molar-refractivity contribution in [2.75, 3.05) is 39.4 Å². The molecule has 110 valence electrons. The highest BCUT2D eigenvalue weighted by Gasteiger charge is 2.25. The van der Waals surface area contributed by atoms with Crippen molar-refractivity contribution in [3.8, 4) is 0 Å². The van der Waals surface area contributed by atoms with E-state index in [2.05, 4.69) is 0 Å². The molecule has 0 aromatic rings. The van der Waals surface area contributed by atoms with Crippen molar-refractivity contribution in [3.05, 3.63) is 0 Å². The fourth-order valence-corrected chi connectivity index (χ4v) is 1.78. The van der Waals surface area contributed by atoms with Crippen LogP contribution in [0.1, 0.15) is 27.7 Å². The third-order valence-electron chi connectivity index (χ3n) is 3.07. The van der Waals surface area contributed by atoms with Crippen LogP contribution in [0.25, 0.3) is 0 Å². The average molecular weight is 270 g/mol. The molecule has 0 unspecified atom stereocenters. The lowest BCUT2D eigenvalue weighted by atomic mass is 10.2. The molecule has 2 aliphatic heterocycles. The van der Waals surface area contributed by atoms with Gasteiger partial charge in [-0.2, -0.15) is 0 Å². The van der Waals surface area contributed by atoms with Crippen molar-refractivity contribution in [1.82, 2.24) is 9.80 Å². The van der Waals surface area contributed by atoms with Crippen LogP contribution < -0.4 is 0 Å². The minimum Gasteiger partial charge on any atom is -0.378 e. The quantitative estimate of drug-likeness (QED) is 0.703. The maximum absolute atomic E-state index is 11.4. The summed E-state index contributed by atoms with van der Waals surface area (Å²) in [5, 5.41) is 0. The monoisotopic (exact) mass is 270 g/mol. The van der Waals surface area contributed by atoms with Gasteiger partial charge in [0, 0.05) is 38.0 Å². The highest BCUT2D eigenvalue weighted by molar-refractivity contribution is 5.80. The molecule has 5 nitrogen and oxygen atoms in total. The van der Waals surface area contributed by atoms with E-state index in [4.69, 9.17) is 4.74 Å². The summed E-state index contributed by atoms with van der Waals surface area (Å²) in [6.45, 7) is 12.6. The zero-order valence-corrected chi connectivity index (χ0v) is 12.5. The summed E-state index contributed by atoms with van der Waals surface area (Å²) >= 11 is 0. The zero-order chi connectivity index (χ0) is 14.4. The molecule has 19 heavy (non-hydrogen) atoms. The van der Waals surface area contributed by atoms with Crippen LogP contribution in [0, 0.1) is 11.8 Å². The van der Waals surface area contributed by atoms with Gasteiger partial charge in [0.05, 0.1) is 13.2 Å². The molecular formula is C14H26N2O3. The Hall–Kier alpha value is -1.10. The first-order valence-electron chi connectivity index (χ1n) is 7.08. The number of rotatable bonds is 2. The average Bonchev–Trinajstić information content (AvgIpc) is 3.23. The molecule has 0 atom stereocenters. The molecular weight excluding hydrogens is 244 g/mol. The summed E-state index contributed by atoms with van der Waals surface area (Å²) in [6, 6.07) is 0. The predicted molar refractivity (Wildman–Crippen MR) is 73.7 cm³/mol. The summed E-state index contributed by atoms with van der Waals surface area (Å²) in [5.74, 6) is 0.851. The van der Waals surface area contributed by atoms with Crippen molar-refractivity contribution >= 4 is 11.8 Å². The molecule has 5 heteroatoms. The van der Waals surface area contributed by atoms with Crippen LogP contribution in [-0.2, 0) is 14.3 Å². The topological polar surface area (TPSA) is 49.6 Å². The first kappa shape index (κ1) is 16.0. The summed E-state index contributed by atoms with van der Waals surface area (Å²) < 4.78 is 5.14. The van der Waals surface area contributed by atoms with Crippen LogP contribution in [0.15, 0.2) is 0 Å². The lowest BCUT2D eigenvalue weighted by Crippen LogP contribution is -2.42. The molecule has 0 aliphatic carbocycles. The Labute approximate surface area is 115 Å². The number of carbonyl (C=O) groups excluding carboxylic acids is 2. The predicted octanol–water partition coefficient (Wildman–Crippen LogP) is 0.986. The number of ether oxygens (including phenoxy) is 1. The summed E-state index contributed by atoms with van der Waals surface area (Å²) in [6.07, 6.45) is 0. The molecule has 0 spiro atoms. The van der Waals surface area contributed by atoms with Crippen molar-refractivity contribution in [3.63, 3.8) is 0 Å². The van der Waals surface area contributed by atoms with E-state index in [0.717, 1.165) is 26.2 Å². The fourth-order valence-electron chi connectivity index (χ4n) is 1.78. The second kappa shape index (κ2) is 7.48. The van der Waals surface area contributed by atoms with Gasteiger partial charge in [-0.15, -0.1) is 0 Å². The number of amides is 2. The van der Waals surface area contributed by atoms with E-state index in [1.54, 1.807) is 0 Å². The Bertz CT molecular complexity index is 302. The van der Waals surface area contributed by atoms with E-state index in [9.17, 15) is 9.59 Å². The fraction of sp³-hybridized carbons (Fsp3) is 0.857. The third kappa shape index (κ3) is 5.59. The third-order valence-corrected chi connectivity index (χ3v) is 3.07. The van der Waals surface area contributed by atoms with E-state index in [1.165, 1.54) is 0 Å². The molecule has 0 radical (unpaired) electrons. The Balaban J connectivity index is 0.000000200. The van der Waals surface area contributed by atoms with Crippen molar-refractivity contribution in [2.45, 2.75) is 27.7 Å². The van der Waals surface area contributed by atoms with Crippen LogP contribution >= 0.6 is 0 Å².